The van der Waals surface area contributed by atoms with Crippen molar-refractivity contribution in [2.75, 3.05) is 0 Å². The van der Waals surface area contributed by atoms with E-state index in [1.807, 2.05) is 28.9 Å². The topological polar surface area (TPSA) is 80.9 Å². The molecule has 6 nitrogen and oxygen atoms in total. The summed E-state index contributed by atoms with van der Waals surface area (Å²) in [7, 11) is 0. The summed E-state index contributed by atoms with van der Waals surface area (Å²) in [5.74, 6) is 1.22. The van der Waals surface area contributed by atoms with Crippen molar-refractivity contribution in [2.24, 2.45) is 0 Å². The molecule has 0 aliphatic carbocycles. The first kappa shape index (κ1) is 20.7. The van der Waals surface area contributed by atoms with Gasteiger partial charge in [-0.15, -0.1) is 0 Å². The number of benzene rings is 1. The molecule has 6 heteroatoms. The van der Waals surface area contributed by atoms with Crippen LogP contribution in [0.4, 0.5) is 0 Å². The maximum Gasteiger partial charge on any atom is 0.355 e. The normalized spacial score (nSPS) is 12.1. The molecule has 3 aromatic rings. The van der Waals surface area contributed by atoms with E-state index in [0.717, 1.165) is 48.6 Å². The first-order valence-corrected chi connectivity index (χ1v) is 10.2. The van der Waals surface area contributed by atoms with Gasteiger partial charge in [0.15, 0.2) is 11.5 Å². The molecule has 1 atom stereocenters. The van der Waals surface area contributed by atoms with Crippen molar-refractivity contribution >= 4 is 5.97 Å². The lowest BCUT2D eigenvalue weighted by Gasteiger charge is -2.08. The van der Waals surface area contributed by atoms with Crippen molar-refractivity contribution in [1.29, 1.82) is 0 Å². The molecule has 0 aliphatic heterocycles. The van der Waals surface area contributed by atoms with E-state index in [0.29, 0.717) is 17.9 Å². The van der Waals surface area contributed by atoms with E-state index in [4.69, 9.17) is 10.1 Å². The second-order valence-corrected chi connectivity index (χ2v) is 7.35. The molecule has 29 heavy (non-hydrogen) atoms. The Hall–Kier alpha value is -3.02. The summed E-state index contributed by atoms with van der Waals surface area (Å²) >= 11 is 0. The number of aromatic nitrogens is 4. The van der Waals surface area contributed by atoms with Crippen LogP contribution in [0.25, 0.3) is 11.1 Å². The van der Waals surface area contributed by atoms with E-state index in [1.165, 1.54) is 6.20 Å². The minimum Gasteiger partial charge on any atom is -0.476 e. The average Bonchev–Trinajstić information content (AvgIpc) is 3.14. The second kappa shape index (κ2) is 9.45. The van der Waals surface area contributed by atoms with Crippen LogP contribution < -0.4 is 0 Å². The Balaban J connectivity index is 1.84. The molecule has 0 spiro atoms. The van der Waals surface area contributed by atoms with Gasteiger partial charge in [-0.2, -0.15) is 5.10 Å². The van der Waals surface area contributed by atoms with Crippen LogP contribution in [0.15, 0.2) is 42.6 Å². The zero-order valence-electron chi connectivity index (χ0n) is 17.3. The Labute approximate surface area is 171 Å². The predicted octanol–water partition coefficient (Wildman–Crippen LogP) is 4.94. The third-order valence-electron chi connectivity index (χ3n) is 5.18. The monoisotopic (exact) mass is 392 g/mol. The van der Waals surface area contributed by atoms with Gasteiger partial charge in [0.25, 0.3) is 0 Å². The molecule has 2 heterocycles. The highest BCUT2D eigenvalue weighted by molar-refractivity contribution is 5.93. The van der Waals surface area contributed by atoms with Gasteiger partial charge in [-0.25, -0.2) is 19.4 Å². The Morgan fingerprint density at radius 1 is 1.17 bits per heavy atom. The number of nitrogens with zero attached hydrogens (tertiary/aromatic N) is 4. The van der Waals surface area contributed by atoms with Crippen molar-refractivity contribution in [3.8, 4) is 11.1 Å². The van der Waals surface area contributed by atoms with E-state index >= 15 is 0 Å². The standard InChI is InChI=1S/C23H28N4O2/c1-4-6-14-27-20(25-22(26-27)16(3)5-2)15-17-9-11-18(12-10-17)19-8-7-13-24-21(19)23(28)29/h7-13,16H,4-6,14-15H2,1-3H3,(H,28,29). The maximum absolute atomic E-state index is 11.4. The fourth-order valence-corrected chi connectivity index (χ4v) is 3.20. The highest BCUT2D eigenvalue weighted by atomic mass is 16.4. The zero-order valence-corrected chi connectivity index (χ0v) is 17.3. The maximum atomic E-state index is 11.4. The fourth-order valence-electron chi connectivity index (χ4n) is 3.20. The first-order chi connectivity index (χ1) is 14.0. The number of carboxylic acid groups (broad SMARTS) is 1. The van der Waals surface area contributed by atoms with Gasteiger partial charge in [-0.1, -0.05) is 57.5 Å². The molecule has 1 N–H and O–H groups in total. The minimum absolute atomic E-state index is 0.0674. The van der Waals surface area contributed by atoms with Crippen molar-refractivity contribution in [3.63, 3.8) is 0 Å². The summed E-state index contributed by atoms with van der Waals surface area (Å²) in [5.41, 5.74) is 2.65. The van der Waals surface area contributed by atoms with Crippen LogP contribution in [-0.2, 0) is 13.0 Å². The van der Waals surface area contributed by atoms with Crippen LogP contribution in [-0.4, -0.2) is 30.8 Å². The van der Waals surface area contributed by atoms with Crippen LogP contribution in [0.1, 0.15) is 73.7 Å². The van der Waals surface area contributed by atoms with Gasteiger partial charge in [-0.3, -0.25) is 0 Å². The number of carboxylic acids is 1. The second-order valence-electron chi connectivity index (χ2n) is 7.35. The molecule has 0 bridgehead atoms. The van der Waals surface area contributed by atoms with Crippen LogP contribution in [0.2, 0.25) is 0 Å². The van der Waals surface area contributed by atoms with Gasteiger partial charge in [0, 0.05) is 30.6 Å². The number of aryl methyl sites for hydroxylation is 1. The van der Waals surface area contributed by atoms with Gasteiger partial charge >= 0.3 is 5.97 Å². The summed E-state index contributed by atoms with van der Waals surface area (Å²) in [6.45, 7) is 7.37. The van der Waals surface area contributed by atoms with E-state index < -0.39 is 5.97 Å². The van der Waals surface area contributed by atoms with E-state index in [-0.39, 0.29) is 5.69 Å². The van der Waals surface area contributed by atoms with Crippen LogP contribution >= 0.6 is 0 Å². The lowest BCUT2D eigenvalue weighted by atomic mass is 10.0. The number of hydrogen-bond acceptors (Lipinski definition) is 4. The van der Waals surface area contributed by atoms with E-state index in [2.05, 4.69) is 25.8 Å². The molecule has 0 saturated heterocycles. The number of unbranched alkanes of at least 4 members (excludes halogenated alkanes) is 1. The quantitative estimate of drug-likeness (QED) is 0.558. The highest BCUT2D eigenvalue weighted by Gasteiger charge is 2.16. The molecule has 0 radical (unpaired) electrons. The Morgan fingerprint density at radius 3 is 2.59 bits per heavy atom. The average molecular weight is 393 g/mol. The Bertz CT molecular complexity index is 963. The van der Waals surface area contributed by atoms with Gasteiger partial charge in [0.1, 0.15) is 5.82 Å². The lowest BCUT2D eigenvalue weighted by Crippen LogP contribution is -2.07. The molecule has 3 rings (SSSR count). The fraction of sp³-hybridized carbons (Fsp3) is 0.391. The molecule has 152 valence electrons. The Morgan fingerprint density at radius 2 is 1.93 bits per heavy atom. The number of aromatic carboxylic acids is 1. The van der Waals surface area contributed by atoms with Crippen LogP contribution in [0.3, 0.4) is 0 Å². The highest BCUT2D eigenvalue weighted by Crippen LogP contribution is 2.24. The third kappa shape index (κ3) is 4.88. The summed E-state index contributed by atoms with van der Waals surface area (Å²) in [4.78, 5) is 20.2. The molecule has 1 aromatic carbocycles. The molecule has 0 saturated carbocycles. The smallest absolute Gasteiger partial charge is 0.355 e. The first-order valence-electron chi connectivity index (χ1n) is 10.2. The van der Waals surface area contributed by atoms with Crippen LogP contribution in [0, 0.1) is 0 Å². The largest absolute Gasteiger partial charge is 0.476 e. The number of rotatable bonds is 9. The molecule has 0 amide bonds. The van der Waals surface area contributed by atoms with Crippen molar-refractivity contribution in [2.45, 2.75) is 58.9 Å². The van der Waals surface area contributed by atoms with Crippen molar-refractivity contribution in [1.82, 2.24) is 19.7 Å². The summed E-state index contributed by atoms with van der Waals surface area (Å²) < 4.78 is 2.04. The lowest BCUT2D eigenvalue weighted by molar-refractivity contribution is 0.0691. The van der Waals surface area contributed by atoms with Gasteiger partial charge in [-0.05, 0) is 30.0 Å². The molecule has 0 fully saturated rings. The van der Waals surface area contributed by atoms with E-state index in [1.54, 1.807) is 12.1 Å². The minimum atomic E-state index is -1.02. The van der Waals surface area contributed by atoms with E-state index in [9.17, 15) is 9.90 Å². The Kier molecular flexibility index (Phi) is 6.75. The number of carbonyl (C=O) groups is 1. The van der Waals surface area contributed by atoms with Gasteiger partial charge in [0.05, 0.1) is 0 Å². The summed E-state index contributed by atoms with van der Waals surface area (Å²) in [6.07, 6.45) is 5.41. The number of pyridine rings is 1. The summed E-state index contributed by atoms with van der Waals surface area (Å²) in [6, 6.07) is 11.5. The number of hydrogen-bond donors (Lipinski definition) is 1. The van der Waals surface area contributed by atoms with Crippen LogP contribution in [0.5, 0.6) is 0 Å². The predicted molar refractivity (Wildman–Crippen MR) is 113 cm³/mol. The zero-order chi connectivity index (χ0) is 20.8. The SMILES string of the molecule is CCCCn1nc(C(C)CC)nc1Cc1ccc(-c2cccnc2C(=O)O)cc1. The van der Waals surface area contributed by atoms with Crippen molar-refractivity contribution in [3.05, 3.63) is 65.5 Å². The van der Waals surface area contributed by atoms with Gasteiger partial charge in [0.2, 0.25) is 0 Å². The van der Waals surface area contributed by atoms with Gasteiger partial charge < -0.3 is 5.11 Å². The molecule has 0 aliphatic rings. The van der Waals surface area contributed by atoms with Crippen molar-refractivity contribution < 1.29 is 9.90 Å². The molecular formula is C23H28N4O2. The molecule has 1 unspecified atom stereocenters. The molecule has 2 aromatic heterocycles. The third-order valence-corrected chi connectivity index (χ3v) is 5.18. The molecular weight excluding hydrogens is 364 g/mol. The summed E-state index contributed by atoms with van der Waals surface area (Å²) in [5, 5.41) is 14.1.